The van der Waals surface area contributed by atoms with Crippen molar-refractivity contribution in [1.29, 1.82) is 0 Å². The molecular weight excluding hydrogens is 316 g/mol. The van der Waals surface area contributed by atoms with E-state index in [-0.39, 0.29) is 0 Å². The maximum absolute atomic E-state index is 6.05. The molecule has 2 aliphatic rings. The largest absolute Gasteiger partial charge is 0.495 e. The van der Waals surface area contributed by atoms with Crippen LogP contribution < -0.4 is 15.4 Å². The average molecular weight is 339 g/mol. The Hall–Kier alpha value is -1.00. The van der Waals surface area contributed by atoms with Gasteiger partial charge in [0, 0.05) is 11.1 Å². The van der Waals surface area contributed by atoms with E-state index in [9.17, 15) is 0 Å². The molecule has 0 heterocycles. The fourth-order valence-electron chi connectivity index (χ4n) is 4.16. The number of nitrogens with one attached hydrogen (secondary N) is 2. The Morgan fingerprint density at radius 1 is 1.36 bits per heavy atom. The summed E-state index contributed by atoms with van der Waals surface area (Å²) >= 11 is 11.5. The van der Waals surface area contributed by atoms with E-state index in [2.05, 4.69) is 17.6 Å². The molecule has 5 heteroatoms. The van der Waals surface area contributed by atoms with E-state index in [0.29, 0.717) is 16.2 Å². The molecule has 2 aliphatic carbocycles. The van der Waals surface area contributed by atoms with Gasteiger partial charge in [-0.3, -0.25) is 0 Å². The summed E-state index contributed by atoms with van der Waals surface area (Å²) in [4.78, 5) is 0. The summed E-state index contributed by atoms with van der Waals surface area (Å²) in [5.74, 6) is 3.32. The third kappa shape index (κ3) is 3.33. The average Bonchev–Trinajstić information content (AvgIpc) is 3.10. The number of hydrogen-bond acceptors (Lipinski definition) is 2. The number of methoxy groups -OCH3 is 1. The lowest BCUT2D eigenvalue weighted by Gasteiger charge is -2.29. The van der Waals surface area contributed by atoms with Crippen LogP contribution in [0.5, 0.6) is 5.75 Å². The molecule has 120 valence electrons. The lowest BCUT2D eigenvalue weighted by Crippen LogP contribution is -2.42. The van der Waals surface area contributed by atoms with Gasteiger partial charge in [-0.1, -0.05) is 18.0 Å². The van der Waals surface area contributed by atoms with Gasteiger partial charge < -0.3 is 15.4 Å². The Labute approximate surface area is 142 Å². The quantitative estimate of drug-likeness (QED) is 0.794. The van der Waals surface area contributed by atoms with E-state index in [1.807, 2.05) is 12.1 Å². The van der Waals surface area contributed by atoms with Crippen molar-refractivity contribution < 1.29 is 4.74 Å². The van der Waals surface area contributed by atoms with Crippen LogP contribution in [-0.4, -0.2) is 18.3 Å². The SMILES string of the molecule is COc1ccc(Cl)cc1NC(=S)NC(C)C1CC2CCC1C2. The Morgan fingerprint density at radius 3 is 2.82 bits per heavy atom. The Morgan fingerprint density at radius 2 is 2.18 bits per heavy atom. The first-order chi connectivity index (χ1) is 10.6. The van der Waals surface area contributed by atoms with Crippen molar-refractivity contribution in [2.45, 2.75) is 38.6 Å². The molecule has 22 heavy (non-hydrogen) atoms. The van der Waals surface area contributed by atoms with E-state index in [1.54, 1.807) is 13.2 Å². The van der Waals surface area contributed by atoms with Gasteiger partial charge in [0.2, 0.25) is 0 Å². The molecule has 0 saturated heterocycles. The standard InChI is InChI=1S/C17H23ClN2OS/c1-10(14-8-11-3-4-12(14)7-11)19-17(22)20-15-9-13(18)5-6-16(15)21-2/h5-6,9-12,14H,3-4,7-8H2,1-2H3,(H2,19,20,22). The summed E-state index contributed by atoms with van der Waals surface area (Å²) in [5.41, 5.74) is 0.799. The molecule has 0 aromatic heterocycles. The van der Waals surface area contributed by atoms with Gasteiger partial charge in [-0.25, -0.2) is 0 Å². The minimum absolute atomic E-state index is 0.403. The van der Waals surface area contributed by atoms with Crippen LogP contribution in [0.4, 0.5) is 5.69 Å². The summed E-state index contributed by atoms with van der Waals surface area (Å²) in [7, 11) is 1.64. The van der Waals surface area contributed by atoms with Crippen LogP contribution in [0, 0.1) is 17.8 Å². The van der Waals surface area contributed by atoms with E-state index < -0.39 is 0 Å². The molecular formula is C17H23ClN2OS. The number of halogens is 1. The molecule has 0 radical (unpaired) electrons. The van der Waals surface area contributed by atoms with Gasteiger partial charge in [0.15, 0.2) is 5.11 Å². The number of hydrogen-bond donors (Lipinski definition) is 2. The minimum atomic E-state index is 0.403. The lowest BCUT2D eigenvalue weighted by molar-refractivity contribution is 0.279. The zero-order valence-corrected chi connectivity index (χ0v) is 14.6. The lowest BCUT2D eigenvalue weighted by atomic mass is 9.84. The number of fused-ring (bicyclic) bond motifs is 2. The van der Waals surface area contributed by atoms with Crippen LogP contribution >= 0.6 is 23.8 Å². The van der Waals surface area contributed by atoms with Gasteiger partial charge in [-0.05, 0) is 74.4 Å². The maximum Gasteiger partial charge on any atom is 0.171 e. The number of ether oxygens (including phenoxy) is 1. The highest BCUT2D eigenvalue weighted by molar-refractivity contribution is 7.80. The van der Waals surface area contributed by atoms with Gasteiger partial charge in [-0.2, -0.15) is 0 Å². The van der Waals surface area contributed by atoms with E-state index >= 15 is 0 Å². The highest BCUT2D eigenvalue weighted by atomic mass is 35.5. The van der Waals surface area contributed by atoms with E-state index in [0.717, 1.165) is 29.2 Å². The first-order valence-electron chi connectivity index (χ1n) is 7.98. The number of anilines is 1. The maximum atomic E-state index is 6.05. The molecule has 0 spiro atoms. The molecule has 4 unspecified atom stereocenters. The molecule has 2 bridgehead atoms. The second-order valence-electron chi connectivity index (χ2n) is 6.57. The molecule has 0 amide bonds. The fourth-order valence-corrected chi connectivity index (χ4v) is 4.62. The van der Waals surface area contributed by atoms with Crippen molar-refractivity contribution >= 4 is 34.6 Å². The predicted octanol–water partition coefficient (Wildman–Crippen LogP) is 4.46. The molecule has 0 aliphatic heterocycles. The van der Waals surface area contributed by atoms with Crippen molar-refractivity contribution in [2.75, 3.05) is 12.4 Å². The smallest absolute Gasteiger partial charge is 0.171 e. The van der Waals surface area contributed by atoms with Crippen molar-refractivity contribution in [3.63, 3.8) is 0 Å². The first kappa shape index (κ1) is 15.9. The Bertz CT molecular complexity index is 566. The Balaban J connectivity index is 1.59. The summed E-state index contributed by atoms with van der Waals surface area (Å²) in [6.45, 7) is 2.24. The number of thiocarbonyl (C=S) groups is 1. The molecule has 3 nitrogen and oxygen atoms in total. The van der Waals surface area contributed by atoms with Crippen LogP contribution in [0.3, 0.4) is 0 Å². The molecule has 2 saturated carbocycles. The van der Waals surface area contributed by atoms with Crippen molar-refractivity contribution in [1.82, 2.24) is 5.32 Å². The molecule has 2 fully saturated rings. The van der Waals surface area contributed by atoms with Crippen LogP contribution in [0.25, 0.3) is 0 Å². The summed E-state index contributed by atoms with van der Waals surface area (Å²) in [6.07, 6.45) is 5.58. The molecule has 3 rings (SSSR count). The fraction of sp³-hybridized carbons (Fsp3) is 0.588. The molecule has 1 aromatic rings. The van der Waals surface area contributed by atoms with E-state index in [1.165, 1.54) is 25.7 Å². The minimum Gasteiger partial charge on any atom is -0.495 e. The summed E-state index contributed by atoms with van der Waals surface area (Å²) in [6, 6.07) is 5.88. The molecule has 1 aromatic carbocycles. The van der Waals surface area contributed by atoms with Crippen LogP contribution in [0.1, 0.15) is 32.6 Å². The highest BCUT2D eigenvalue weighted by Gasteiger charge is 2.41. The highest BCUT2D eigenvalue weighted by Crippen LogP contribution is 2.49. The summed E-state index contributed by atoms with van der Waals surface area (Å²) < 4.78 is 5.34. The topological polar surface area (TPSA) is 33.3 Å². The van der Waals surface area contributed by atoms with Gasteiger partial charge in [0.25, 0.3) is 0 Å². The number of benzene rings is 1. The first-order valence-corrected chi connectivity index (χ1v) is 8.76. The molecule has 4 atom stereocenters. The van der Waals surface area contributed by atoms with Gasteiger partial charge in [0.05, 0.1) is 12.8 Å². The number of rotatable bonds is 4. The zero-order chi connectivity index (χ0) is 15.7. The zero-order valence-electron chi connectivity index (χ0n) is 13.1. The normalized spacial score (nSPS) is 27.5. The van der Waals surface area contributed by atoms with Gasteiger partial charge >= 0.3 is 0 Å². The summed E-state index contributed by atoms with van der Waals surface area (Å²) in [5, 5.41) is 7.95. The van der Waals surface area contributed by atoms with Gasteiger partial charge in [-0.15, -0.1) is 0 Å². The van der Waals surface area contributed by atoms with E-state index in [4.69, 9.17) is 28.6 Å². The van der Waals surface area contributed by atoms with Crippen LogP contribution in [0.2, 0.25) is 5.02 Å². The third-order valence-electron chi connectivity index (χ3n) is 5.20. The Kier molecular flexibility index (Phi) is 4.79. The third-order valence-corrected chi connectivity index (χ3v) is 5.66. The molecule has 2 N–H and O–H groups in total. The second kappa shape index (κ2) is 6.63. The second-order valence-corrected chi connectivity index (χ2v) is 7.42. The van der Waals surface area contributed by atoms with Crippen molar-refractivity contribution in [3.8, 4) is 5.75 Å². The van der Waals surface area contributed by atoms with Crippen LogP contribution in [-0.2, 0) is 0 Å². The monoisotopic (exact) mass is 338 g/mol. The van der Waals surface area contributed by atoms with Crippen LogP contribution in [0.15, 0.2) is 18.2 Å². The van der Waals surface area contributed by atoms with Gasteiger partial charge in [0.1, 0.15) is 5.75 Å². The predicted molar refractivity (Wildman–Crippen MR) is 95.8 cm³/mol. The van der Waals surface area contributed by atoms with Crippen molar-refractivity contribution in [3.05, 3.63) is 23.2 Å². The van der Waals surface area contributed by atoms with Crippen molar-refractivity contribution in [2.24, 2.45) is 17.8 Å².